The van der Waals surface area contributed by atoms with E-state index in [0.29, 0.717) is 12.8 Å². The first-order chi connectivity index (χ1) is 9.99. The van der Waals surface area contributed by atoms with Gasteiger partial charge in [-0.15, -0.1) is 12.4 Å². The summed E-state index contributed by atoms with van der Waals surface area (Å²) in [5.74, 6) is 0.148. The maximum Gasteiger partial charge on any atom is 0.223 e. The number of carbonyl (C=O) groups excluding carboxylic acids is 2. The summed E-state index contributed by atoms with van der Waals surface area (Å²) in [6.07, 6.45) is 0.594. The molecule has 1 saturated heterocycles. The Bertz CT molecular complexity index is 545. The largest absolute Gasteiger partial charge is 0.337 e. The summed E-state index contributed by atoms with van der Waals surface area (Å²) in [6, 6.07) is 6.08. The van der Waals surface area contributed by atoms with Crippen LogP contribution in [0, 0.1) is 13.8 Å². The zero-order chi connectivity index (χ0) is 15.4. The van der Waals surface area contributed by atoms with Gasteiger partial charge in [0.2, 0.25) is 5.91 Å². The molecule has 0 bridgehead atoms. The molecule has 122 valence electrons. The van der Waals surface area contributed by atoms with E-state index in [0.717, 1.165) is 36.3 Å². The first-order valence-electron chi connectivity index (χ1n) is 7.59. The van der Waals surface area contributed by atoms with Gasteiger partial charge in [0.05, 0.1) is 0 Å². The van der Waals surface area contributed by atoms with Crippen LogP contribution in [0.2, 0.25) is 0 Å². The van der Waals surface area contributed by atoms with Gasteiger partial charge in [0.1, 0.15) is 0 Å². The number of aryl methyl sites for hydroxylation is 2. The Morgan fingerprint density at radius 3 is 2.68 bits per heavy atom. The summed E-state index contributed by atoms with van der Waals surface area (Å²) in [5, 5.41) is 3.26. The summed E-state index contributed by atoms with van der Waals surface area (Å²) < 4.78 is 0. The number of hydrogen-bond acceptors (Lipinski definition) is 3. The lowest BCUT2D eigenvalue weighted by molar-refractivity contribution is -0.133. The van der Waals surface area contributed by atoms with Crippen LogP contribution >= 0.6 is 12.4 Å². The second-order valence-corrected chi connectivity index (χ2v) is 5.88. The zero-order valence-corrected chi connectivity index (χ0v) is 14.3. The van der Waals surface area contributed by atoms with Gasteiger partial charge < -0.3 is 10.2 Å². The molecule has 5 heteroatoms. The second-order valence-electron chi connectivity index (χ2n) is 5.88. The first kappa shape index (κ1) is 18.7. The molecule has 0 spiro atoms. The third-order valence-electron chi connectivity index (χ3n) is 4.08. The third kappa shape index (κ3) is 4.55. The lowest BCUT2D eigenvalue weighted by Crippen LogP contribution is -2.52. The van der Waals surface area contributed by atoms with E-state index in [2.05, 4.69) is 5.32 Å². The number of Topliss-reactive ketones (excluding diaryl/α,β-unsaturated/α-hetero) is 1. The second kappa shape index (κ2) is 8.30. The molecule has 0 radical (unpaired) electrons. The molecule has 4 nitrogen and oxygen atoms in total. The minimum absolute atomic E-state index is 0. The SMILES string of the molecule is Cc1ccc(C)c(C(=O)CCC(=O)N2CCNC[C@@H]2C)c1.Cl. The Labute approximate surface area is 138 Å². The number of halogens is 1. The highest BCUT2D eigenvalue weighted by atomic mass is 35.5. The molecule has 1 aliphatic rings. The number of hydrogen-bond donors (Lipinski definition) is 1. The molecule has 1 N–H and O–H groups in total. The van der Waals surface area contributed by atoms with Crippen molar-refractivity contribution in [3.05, 3.63) is 34.9 Å². The van der Waals surface area contributed by atoms with Crippen LogP contribution in [-0.4, -0.2) is 42.3 Å². The maximum atomic E-state index is 12.3. The van der Waals surface area contributed by atoms with Gasteiger partial charge in [-0.1, -0.05) is 17.7 Å². The van der Waals surface area contributed by atoms with Crippen LogP contribution in [0.4, 0.5) is 0 Å². The van der Waals surface area contributed by atoms with Gasteiger partial charge in [-0.25, -0.2) is 0 Å². The van der Waals surface area contributed by atoms with Crippen molar-refractivity contribution in [3.63, 3.8) is 0 Å². The predicted molar refractivity (Wildman–Crippen MR) is 90.8 cm³/mol. The van der Waals surface area contributed by atoms with Crippen LogP contribution in [0.15, 0.2) is 18.2 Å². The standard InChI is InChI=1S/C17H24N2O2.ClH/c1-12-4-5-13(2)15(10-12)16(20)6-7-17(21)19-9-8-18-11-14(19)3;/h4-5,10,14,18H,6-9,11H2,1-3H3;1H/t14-;/m0./s1. The van der Waals surface area contributed by atoms with Gasteiger partial charge in [-0.3, -0.25) is 9.59 Å². The topological polar surface area (TPSA) is 49.4 Å². The van der Waals surface area contributed by atoms with E-state index >= 15 is 0 Å². The summed E-state index contributed by atoms with van der Waals surface area (Å²) >= 11 is 0. The van der Waals surface area contributed by atoms with Crippen molar-refractivity contribution >= 4 is 24.1 Å². The molecule has 0 saturated carbocycles. The van der Waals surface area contributed by atoms with Crippen LogP contribution in [-0.2, 0) is 4.79 Å². The molecule has 1 amide bonds. The van der Waals surface area contributed by atoms with Crippen molar-refractivity contribution in [2.75, 3.05) is 19.6 Å². The predicted octanol–water partition coefficient (Wildman–Crippen LogP) is 2.51. The van der Waals surface area contributed by atoms with Crippen LogP contribution < -0.4 is 5.32 Å². The van der Waals surface area contributed by atoms with E-state index in [4.69, 9.17) is 0 Å². The Kier molecular flexibility index (Phi) is 7.04. The van der Waals surface area contributed by atoms with E-state index < -0.39 is 0 Å². The molecular weight excluding hydrogens is 300 g/mol. The van der Waals surface area contributed by atoms with Crippen molar-refractivity contribution in [1.29, 1.82) is 0 Å². The number of nitrogens with zero attached hydrogens (tertiary/aromatic N) is 1. The lowest BCUT2D eigenvalue weighted by atomic mass is 9.99. The molecule has 1 fully saturated rings. The summed E-state index contributed by atoms with van der Waals surface area (Å²) in [6.45, 7) is 8.35. The van der Waals surface area contributed by atoms with Gasteiger partial charge in [0.15, 0.2) is 5.78 Å². The van der Waals surface area contributed by atoms with Crippen molar-refractivity contribution < 1.29 is 9.59 Å². The average molecular weight is 325 g/mol. The van der Waals surface area contributed by atoms with Crippen LogP contribution in [0.1, 0.15) is 41.3 Å². The molecule has 1 aromatic rings. The van der Waals surface area contributed by atoms with Crippen LogP contribution in [0.3, 0.4) is 0 Å². The number of carbonyl (C=O) groups is 2. The van der Waals surface area contributed by atoms with Gasteiger partial charge in [-0.2, -0.15) is 0 Å². The van der Waals surface area contributed by atoms with Crippen molar-refractivity contribution in [2.45, 2.75) is 39.7 Å². The normalized spacial score (nSPS) is 17.8. The lowest BCUT2D eigenvalue weighted by Gasteiger charge is -2.34. The van der Waals surface area contributed by atoms with E-state index in [9.17, 15) is 9.59 Å². The van der Waals surface area contributed by atoms with Crippen molar-refractivity contribution in [1.82, 2.24) is 10.2 Å². The summed E-state index contributed by atoms with van der Waals surface area (Å²) in [4.78, 5) is 26.4. The fourth-order valence-electron chi connectivity index (χ4n) is 2.75. The highest BCUT2D eigenvalue weighted by Gasteiger charge is 2.23. The number of nitrogens with one attached hydrogen (secondary N) is 1. The molecule has 1 heterocycles. The van der Waals surface area contributed by atoms with Gasteiger partial charge in [0, 0.05) is 44.1 Å². The summed E-state index contributed by atoms with van der Waals surface area (Å²) in [7, 11) is 0. The van der Waals surface area contributed by atoms with Crippen molar-refractivity contribution in [3.8, 4) is 0 Å². The Hall–Kier alpha value is -1.39. The van der Waals surface area contributed by atoms with Gasteiger partial charge >= 0.3 is 0 Å². The third-order valence-corrected chi connectivity index (χ3v) is 4.08. The molecule has 0 unspecified atom stereocenters. The van der Waals surface area contributed by atoms with E-state index in [1.165, 1.54) is 0 Å². The van der Waals surface area contributed by atoms with E-state index in [1.807, 2.05) is 43.9 Å². The fraction of sp³-hybridized carbons (Fsp3) is 0.529. The molecule has 22 heavy (non-hydrogen) atoms. The minimum Gasteiger partial charge on any atom is -0.337 e. The first-order valence-corrected chi connectivity index (χ1v) is 7.59. The van der Waals surface area contributed by atoms with Crippen LogP contribution in [0.5, 0.6) is 0 Å². The van der Waals surface area contributed by atoms with E-state index in [1.54, 1.807) is 0 Å². The number of benzene rings is 1. The summed E-state index contributed by atoms with van der Waals surface area (Å²) in [5.41, 5.74) is 2.80. The minimum atomic E-state index is 0. The van der Waals surface area contributed by atoms with Gasteiger partial charge in [0.25, 0.3) is 0 Å². The number of piperazine rings is 1. The van der Waals surface area contributed by atoms with Crippen LogP contribution in [0.25, 0.3) is 0 Å². The Balaban J connectivity index is 0.00000242. The quantitative estimate of drug-likeness (QED) is 0.866. The molecule has 1 aliphatic heterocycles. The molecule has 0 aromatic heterocycles. The smallest absolute Gasteiger partial charge is 0.223 e. The number of rotatable bonds is 4. The number of amides is 1. The number of ketones is 1. The average Bonchev–Trinajstić information content (AvgIpc) is 2.47. The molecular formula is C17H25ClN2O2. The van der Waals surface area contributed by atoms with E-state index in [-0.39, 0.29) is 30.1 Å². The molecule has 1 aromatic carbocycles. The molecule has 2 rings (SSSR count). The Morgan fingerprint density at radius 2 is 2.00 bits per heavy atom. The monoisotopic (exact) mass is 324 g/mol. The van der Waals surface area contributed by atoms with Crippen molar-refractivity contribution in [2.24, 2.45) is 0 Å². The highest BCUT2D eigenvalue weighted by molar-refractivity contribution is 5.99. The molecule has 1 atom stereocenters. The van der Waals surface area contributed by atoms with Gasteiger partial charge in [-0.05, 0) is 32.4 Å². The zero-order valence-electron chi connectivity index (χ0n) is 13.5. The maximum absolute atomic E-state index is 12.3. The fourth-order valence-corrected chi connectivity index (χ4v) is 2.75. The Morgan fingerprint density at radius 1 is 1.27 bits per heavy atom. The molecule has 0 aliphatic carbocycles. The highest BCUT2D eigenvalue weighted by Crippen LogP contribution is 2.15.